The first kappa shape index (κ1) is 14.2. The van der Waals surface area contributed by atoms with Crippen molar-refractivity contribution in [3.63, 3.8) is 0 Å². The molecule has 0 aliphatic rings. The third-order valence-electron chi connectivity index (χ3n) is 2.49. The second kappa shape index (κ2) is 6.14. The Hall–Kier alpha value is -0.910. The second-order valence-electron chi connectivity index (χ2n) is 4.27. The Morgan fingerprint density at radius 1 is 1.29 bits per heavy atom. The van der Waals surface area contributed by atoms with Gasteiger partial charge in [0.2, 0.25) is 0 Å². The van der Waals surface area contributed by atoms with E-state index in [-0.39, 0.29) is 0 Å². The van der Waals surface area contributed by atoms with Crippen LogP contribution in [-0.2, 0) is 16.6 Å². The van der Waals surface area contributed by atoms with Crippen LogP contribution in [0.2, 0.25) is 0 Å². The van der Waals surface area contributed by atoms with Gasteiger partial charge in [-0.3, -0.25) is 0 Å². The van der Waals surface area contributed by atoms with Gasteiger partial charge in [0.05, 0.1) is 0 Å². The number of hydrogen-bond donors (Lipinski definition) is 1. The molecule has 0 fully saturated rings. The van der Waals surface area contributed by atoms with E-state index in [1.54, 1.807) is 0 Å². The largest absolute Gasteiger partial charge is 0.278 e. The lowest BCUT2D eigenvalue weighted by atomic mass is 10.1. The molecule has 0 heterocycles. The Bertz CT molecular complexity index is 455. The van der Waals surface area contributed by atoms with Crippen molar-refractivity contribution >= 4 is 10.2 Å². The van der Waals surface area contributed by atoms with Crippen molar-refractivity contribution in [1.82, 2.24) is 9.03 Å². The molecular formula is C12H20N2O2S. The molecule has 0 aliphatic carbocycles. The molecule has 0 aliphatic heterocycles. The Morgan fingerprint density at radius 3 is 2.59 bits per heavy atom. The zero-order valence-electron chi connectivity index (χ0n) is 10.6. The van der Waals surface area contributed by atoms with Gasteiger partial charge in [-0.05, 0) is 25.3 Å². The van der Waals surface area contributed by atoms with Crippen LogP contribution in [0.25, 0.3) is 0 Å². The summed E-state index contributed by atoms with van der Waals surface area (Å²) < 4.78 is 26.5. The lowest BCUT2D eigenvalue weighted by molar-refractivity contribution is 0.504. The van der Waals surface area contributed by atoms with E-state index in [2.05, 4.69) is 29.8 Å². The molecule has 0 atom stereocenters. The van der Waals surface area contributed by atoms with Crippen molar-refractivity contribution in [1.29, 1.82) is 0 Å². The summed E-state index contributed by atoms with van der Waals surface area (Å²) in [6.45, 7) is 2.52. The van der Waals surface area contributed by atoms with Crippen molar-refractivity contribution in [2.45, 2.75) is 19.8 Å². The van der Waals surface area contributed by atoms with E-state index < -0.39 is 10.2 Å². The maximum absolute atomic E-state index is 11.4. The molecule has 1 aromatic rings. The Kier molecular flexibility index (Phi) is 5.11. The van der Waals surface area contributed by atoms with E-state index in [0.717, 1.165) is 12.8 Å². The van der Waals surface area contributed by atoms with Crippen molar-refractivity contribution in [2.24, 2.45) is 0 Å². The molecule has 0 saturated heterocycles. The first-order valence-corrected chi connectivity index (χ1v) is 7.08. The molecule has 0 bridgehead atoms. The van der Waals surface area contributed by atoms with Gasteiger partial charge in [0.25, 0.3) is 10.2 Å². The summed E-state index contributed by atoms with van der Waals surface area (Å²) in [7, 11) is -0.244. The number of benzene rings is 1. The van der Waals surface area contributed by atoms with Crippen LogP contribution in [0.5, 0.6) is 0 Å². The first-order valence-electron chi connectivity index (χ1n) is 5.64. The van der Waals surface area contributed by atoms with E-state index in [4.69, 9.17) is 0 Å². The van der Waals surface area contributed by atoms with Crippen LogP contribution < -0.4 is 4.72 Å². The molecule has 1 aromatic carbocycles. The molecule has 96 valence electrons. The number of hydrogen-bond acceptors (Lipinski definition) is 2. The van der Waals surface area contributed by atoms with E-state index in [9.17, 15) is 8.42 Å². The van der Waals surface area contributed by atoms with E-state index in [1.807, 2.05) is 6.07 Å². The highest BCUT2D eigenvalue weighted by atomic mass is 32.2. The van der Waals surface area contributed by atoms with E-state index in [1.165, 1.54) is 29.5 Å². The quantitative estimate of drug-likeness (QED) is 0.781. The molecule has 0 radical (unpaired) electrons. The molecule has 1 N–H and O–H groups in total. The fourth-order valence-electron chi connectivity index (χ4n) is 1.49. The minimum Gasteiger partial charge on any atom is -0.202 e. The fourth-order valence-corrected chi connectivity index (χ4v) is 2.15. The average molecular weight is 256 g/mol. The standard InChI is InChI=1S/C12H20N2O2S/c1-11-6-4-7-12(10-11)8-5-9-13-17(15,16)14(2)3/h4,6-7,10,13H,5,8-9H2,1-3H3. The van der Waals surface area contributed by atoms with Gasteiger partial charge < -0.3 is 0 Å². The van der Waals surface area contributed by atoms with Crippen molar-refractivity contribution in [2.75, 3.05) is 20.6 Å². The average Bonchev–Trinajstić information content (AvgIpc) is 2.24. The second-order valence-corrected chi connectivity index (χ2v) is 6.24. The third kappa shape index (κ3) is 4.85. The lowest BCUT2D eigenvalue weighted by Crippen LogP contribution is -2.36. The van der Waals surface area contributed by atoms with Crippen molar-refractivity contribution in [3.05, 3.63) is 35.4 Å². The number of aryl methyl sites for hydroxylation is 2. The van der Waals surface area contributed by atoms with Gasteiger partial charge >= 0.3 is 0 Å². The number of nitrogens with zero attached hydrogens (tertiary/aromatic N) is 1. The van der Waals surface area contributed by atoms with Crippen LogP contribution in [0, 0.1) is 6.92 Å². The summed E-state index contributed by atoms with van der Waals surface area (Å²) in [6.07, 6.45) is 1.69. The molecule has 17 heavy (non-hydrogen) atoms. The maximum Gasteiger partial charge on any atom is 0.278 e. The van der Waals surface area contributed by atoms with Gasteiger partial charge in [-0.15, -0.1) is 0 Å². The maximum atomic E-state index is 11.4. The number of rotatable bonds is 6. The SMILES string of the molecule is Cc1cccc(CCCNS(=O)(=O)N(C)C)c1. The molecule has 0 aromatic heterocycles. The van der Waals surface area contributed by atoms with E-state index >= 15 is 0 Å². The zero-order chi connectivity index (χ0) is 12.9. The summed E-state index contributed by atoms with van der Waals surface area (Å²) in [5.41, 5.74) is 2.48. The molecule has 5 heteroatoms. The van der Waals surface area contributed by atoms with Crippen LogP contribution >= 0.6 is 0 Å². The minimum absolute atomic E-state index is 0.467. The normalized spacial score (nSPS) is 12.0. The molecule has 0 saturated carbocycles. The molecule has 0 unspecified atom stereocenters. The Labute approximate surface area is 104 Å². The van der Waals surface area contributed by atoms with Gasteiger partial charge in [-0.25, -0.2) is 4.72 Å². The summed E-state index contributed by atoms with van der Waals surface area (Å²) in [4.78, 5) is 0. The summed E-state index contributed by atoms with van der Waals surface area (Å²) in [6, 6.07) is 8.26. The highest BCUT2D eigenvalue weighted by Crippen LogP contribution is 2.06. The summed E-state index contributed by atoms with van der Waals surface area (Å²) in [5, 5.41) is 0. The Morgan fingerprint density at radius 2 is 2.00 bits per heavy atom. The summed E-state index contributed by atoms with van der Waals surface area (Å²) in [5.74, 6) is 0. The molecule has 0 spiro atoms. The van der Waals surface area contributed by atoms with Crippen LogP contribution in [0.15, 0.2) is 24.3 Å². The Balaban J connectivity index is 2.35. The predicted octanol–water partition coefficient (Wildman–Crippen LogP) is 1.32. The van der Waals surface area contributed by atoms with Crippen molar-refractivity contribution < 1.29 is 8.42 Å². The highest BCUT2D eigenvalue weighted by molar-refractivity contribution is 7.87. The summed E-state index contributed by atoms with van der Waals surface area (Å²) >= 11 is 0. The highest BCUT2D eigenvalue weighted by Gasteiger charge is 2.10. The third-order valence-corrected chi connectivity index (χ3v) is 4.02. The van der Waals surface area contributed by atoms with Crippen LogP contribution in [0.1, 0.15) is 17.5 Å². The number of nitrogens with one attached hydrogen (secondary N) is 1. The van der Waals surface area contributed by atoms with Crippen LogP contribution in [0.3, 0.4) is 0 Å². The zero-order valence-corrected chi connectivity index (χ0v) is 11.4. The monoisotopic (exact) mass is 256 g/mol. The van der Waals surface area contributed by atoms with Crippen LogP contribution in [0.4, 0.5) is 0 Å². The van der Waals surface area contributed by atoms with Gasteiger partial charge in [0.1, 0.15) is 0 Å². The van der Waals surface area contributed by atoms with Gasteiger partial charge in [-0.1, -0.05) is 29.8 Å². The fraction of sp³-hybridized carbons (Fsp3) is 0.500. The molecule has 1 rings (SSSR count). The smallest absolute Gasteiger partial charge is 0.202 e. The van der Waals surface area contributed by atoms with Crippen molar-refractivity contribution in [3.8, 4) is 0 Å². The van der Waals surface area contributed by atoms with Gasteiger partial charge in [-0.2, -0.15) is 12.7 Å². The predicted molar refractivity (Wildman–Crippen MR) is 70.1 cm³/mol. The molecule has 4 nitrogen and oxygen atoms in total. The van der Waals surface area contributed by atoms with E-state index in [0.29, 0.717) is 6.54 Å². The first-order chi connectivity index (χ1) is 7.92. The topological polar surface area (TPSA) is 49.4 Å². The molecular weight excluding hydrogens is 236 g/mol. The minimum atomic E-state index is -3.28. The van der Waals surface area contributed by atoms with Gasteiger partial charge in [0, 0.05) is 20.6 Å². The molecule has 0 amide bonds. The lowest BCUT2D eigenvalue weighted by Gasteiger charge is -2.12. The van der Waals surface area contributed by atoms with Crippen LogP contribution in [-0.4, -0.2) is 33.4 Å². The van der Waals surface area contributed by atoms with Gasteiger partial charge in [0.15, 0.2) is 0 Å².